The summed E-state index contributed by atoms with van der Waals surface area (Å²) in [6, 6.07) is 8.01. The van der Waals surface area contributed by atoms with Gasteiger partial charge in [-0.1, -0.05) is 19.4 Å². The van der Waals surface area contributed by atoms with E-state index in [1.165, 1.54) is 5.56 Å². The summed E-state index contributed by atoms with van der Waals surface area (Å²) in [5, 5.41) is 4.27. The van der Waals surface area contributed by atoms with Crippen molar-refractivity contribution in [3.05, 3.63) is 47.8 Å². The van der Waals surface area contributed by atoms with Crippen LogP contribution in [-0.2, 0) is 13.0 Å². The van der Waals surface area contributed by atoms with Gasteiger partial charge in [-0.25, -0.2) is 0 Å². The first-order chi connectivity index (χ1) is 12.2. The summed E-state index contributed by atoms with van der Waals surface area (Å²) in [7, 11) is 1.68. The molecule has 1 amide bonds. The molecule has 5 nitrogen and oxygen atoms in total. The van der Waals surface area contributed by atoms with Crippen LogP contribution < -0.4 is 4.74 Å². The highest BCUT2D eigenvalue weighted by atomic mass is 16.5. The number of unbranched alkanes of at least 4 members (excludes halogenated alkanes) is 1. The van der Waals surface area contributed by atoms with Gasteiger partial charge in [0.1, 0.15) is 5.75 Å². The van der Waals surface area contributed by atoms with E-state index in [-0.39, 0.29) is 11.9 Å². The van der Waals surface area contributed by atoms with Gasteiger partial charge >= 0.3 is 0 Å². The zero-order chi connectivity index (χ0) is 17.6. The van der Waals surface area contributed by atoms with Crippen LogP contribution in [0.2, 0.25) is 0 Å². The predicted octanol–water partition coefficient (Wildman–Crippen LogP) is 3.54. The first-order valence-corrected chi connectivity index (χ1v) is 9.18. The molecule has 0 saturated carbocycles. The minimum absolute atomic E-state index is 0.0926. The molecule has 3 rings (SSSR count). The van der Waals surface area contributed by atoms with Crippen molar-refractivity contribution in [1.82, 2.24) is 14.7 Å². The van der Waals surface area contributed by atoms with Crippen LogP contribution in [0.15, 0.2) is 36.7 Å². The Hall–Kier alpha value is -2.30. The molecule has 1 saturated heterocycles. The van der Waals surface area contributed by atoms with Gasteiger partial charge in [0.15, 0.2) is 0 Å². The van der Waals surface area contributed by atoms with E-state index in [4.69, 9.17) is 4.74 Å². The maximum absolute atomic E-state index is 13.0. The SMILES string of the molecule is CCCCc1ccc(C(=O)N2CCCC2Cn2cccn2)cc1OC. The monoisotopic (exact) mass is 341 g/mol. The Labute approximate surface area is 149 Å². The molecule has 2 heterocycles. The number of hydrogen-bond acceptors (Lipinski definition) is 3. The van der Waals surface area contributed by atoms with Gasteiger partial charge in [0, 0.05) is 24.5 Å². The molecule has 2 aromatic rings. The smallest absolute Gasteiger partial charge is 0.254 e. The molecule has 0 N–H and O–H groups in total. The number of amides is 1. The maximum atomic E-state index is 13.0. The Bertz CT molecular complexity index is 697. The molecule has 1 aromatic heterocycles. The largest absolute Gasteiger partial charge is 0.496 e. The quantitative estimate of drug-likeness (QED) is 0.774. The number of aromatic nitrogens is 2. The van der Waals surface area contributed by atoms with Gasteiger partial charge in [-0.2, -0.15) is 5.10 Å². The van der Waals surface area contributed by atoms with Crippen molar-refractivity contribution in [2.75, 3.05) is 13.7 Å². The zero-order valence-corrected chi connectivity index (χ0v) is 15.1. The van der Waals surface area contributed by atoms with Gasteiger partial charge in [-0.15, -0.1) is 0 Å². The molecule has 0 aliphatic carbocycles. The Kier molecular flexibility index (Phi) is 5.74. The molecule has 1 fully saturated rings. The molecule has 0 bridgehead atoms. The second-order valence-electron chi connectivity index (χ2n) is 6.65. The van der Waals surface area contributed by atoms with Crippen molar-refractivity contribution in [3.63, 3.8) is 0 Å². The Balaban J connectivity index is 1.75. The van der Waals surface area contributed by atoms with E-state index in [0.717, 1.165) is 50.9 Å². The fourth-order valence-electron chi connectivity index (χ4n) is 3.53. The third kappa shape index (κ3) is 4.03. The molecule has 1 aliphatic heterocycles. The van der Waals surface area contributed by atoms with Crippen LogP contribution in [0.3, 0.4) is 0 Å². The lowest BCUT2D eigenvalue weighted by Gasteiger charge is -2.25. The zero-order valence-electron chi connectivity index (χ0n) is 15.1. The van der Waals surface area contributed by atoms with Gasteiger partial charge in [0.05, 0.1) is 19.7 Å². The number of rotatable bonds is 7. The van der Waals surface area contributed by atoms with Gasteiger partial charge in [-0.3, -0.25) is 9.48 Å². The van der Waals surface area contributed by atoms with Crippen molar-refractivity contribution in [2.24, 2.45) is 0 Å². The molecule has 1 unspecified atom stereocenters. The van der Waals surface area contributed by atoms with E-state index in [1.807, 2.05) is 40.0 Å². The lowest BCUT2D eigenvalue weighted by molar-refractivity contribution is 0.0721. The van der Waals surface area contributed by atoms with Crippen molar-refractivity contribution in [2.45, 2.75) is 51.6 Å². The molecule has 1 atom stereocenters. The number of carbonyl (C=O) groups excluding carboxylic acids is 1. The van der Waals surface area contributed by atoms with E-state index in [9.17, 15) is 4.79 Å². The summed E-state index contributed by atoms with van der Waals surface area (Å²) < 4.78 is 7.43. The third-order valence-electron chi connectivity index (χ3n) is 4.93. The molecular formula is C20H27N3O2. The fourth-order valence-corrected chi connectivity index (χ4v) is 3.53. The molecule has 0 radical (unpaired) electrons. The highest BCUT2D eigenvalue weighted by molar-refractivity contribution is 5.95. The van der Waals surface area contributed by atoms with E-state index in [1.54, 1.807) is 13.3 Å². The summed E-state index contributed by atoms with van der Waals surface area (Å²) in [5.41, 5.74) is 1.89. The van der Waals surface area contributed by atoms with Crippen molar-refractivity contribution >= 4 is 5.91 Å². The summed E-state index contributed by atoms with van der Waals surface area (Å²) in [4.78, 5) is 15.0. The van der Waals surface area contributed by atoms with Crippen LogP contribution >= 0.6 is 0 Å². The lowest BCUT2D eigenvalue weighted by Crippen LogP contribution is -2.38. The summed E-state index contributed by atoms with van der Waals surface area (Å²) in [6.45, 7) is 3.74. The van der Waals surface area contributed by atoms with Gasteiger partial charge in [0.2, 0.25) is 0 Å². The van der Waals surface area contributed by atoms with Crippen LogP contribution in [0.25, 0.3) is 0 Å². The van der Waals surface area contributed by atoms with Crippen molar-refractivity contribution in [3.8, 4) is 5.75 Å². The minimum atomic E-state index is 0.0926. The van der Waals surface area contributed by atoms with Crippen LogP contribution in [-0.4, -0.2) is 40.3 Å². The van der Waals surface area contributed by atoms with Gasteiger partial charge < -0.3 is 9.64 Å². The molecule has 1 aromatic carbocycles. The van der Waals surface area contributed by atoms with Crippen LogP contribution in [0.1, 0.15) is 48.5 Å². The van der Waals surface area contributed by atoms with E-state index in [2.05, 4.69) is 12.0 Å². The summed E-state index contributed by atoms with van der Waals surface area (Å²) >= 11 is 0. The van der Waals surface area contributed by atoms with Crippen LogP contribution in [0.5, 0.6) is 5.75 Å². The minimum Gasteiger partial charge on any atom is -0.496 e. The first-order valence-electron chi connectivity index (χ1n) is 9.18. The number of methoxy groups -OCH3 is 1. The average Bonchev–Trinajstić information content (AvgIpc) is 3.31. The molecule has 25 heavy (non-hydrogen) atoms. The molecular weight excluding hydrogens is 314 g/mol. The summed E-state index contributed by atoms with van der Waals surface area (Å²) in [5.74, 6) is 0.914. The van der Waals surface area contributed by atoms with Crippen LogP contribution in [0, 0.1) is 0 Å². The van der Waals surface area contributed by atoms with Crippen LogP contribution in [0.4, 0.5) is 0 Å². The second-order valence-corrected chi connectivity index (χ2v) is 6.65. The van der Waals surface area contributed by atoms with Crippen molar-refractivity contribution < 1.29 is 9.53 Å². The van der Waals surface area contributed by atoms with E-state index in [0.29, 0.717) is 5.56 Å². The number of ether oxygens (including phenoxy) is 1. The number of hydrogen-bond donors (Lipinski definition) is 0. The maximum Gasteiger partial charge on any atom is 0.254 e. The van der Waals surface area contributed by atoms with E-state index < -0.39 is 0 Å². The molecule has 0 spiro atoms. The fraction of sp³-hybridized carbons (Fsp3) is 0.500. The molecule has 5 heteroatoms. The summed E-state index contributed by atoms with van der Waals surface area (Å²) in [6.07, 6.45) is 9.06. The van der Waals surface area contributed by atoms with Gasteiger partial charge in [0.25, 0.3) is 5.91 Å². The highest BCUT2D eigenvalue weighted by Crippen LogP contribution is 2.26. The Morgan fingerprint density at radius 1 is 1.40 bits per heavy atom. The number of carbonyl (C=O) groups is 1. The second kappa shape index (κ2) is 8.19. The number of nitrogens with zero attached hydrogens (tertiary/aromatic N) is 3. The molecule has 134 valence electrons. The Morgan fingerprint density at radius 2 is 2.28 bits per heavy atom. The van der Waals surface area contributed by atoms with E-state index >= 15 is 0 Å². The topological polar surface area (TPSA) is 47.4 Å². The predicted molar refractivity (Wildman–Crippen MR) is 97.9 cm³/mol. The average molecular weight is 341 g/mol. The van der Waals surface area contributed by atoms with Gasteiger partial charge in [-0.05, 0) is 49.4 Å². The normalized spacial score (nSPS) is 17.0. The van der Waals surface area contributed by atoms with Crippen molar-refractivity contribution in [1.29, 1.82) is 0 Å². The first kappa shape index (κ1) is 17.5. The highest BCUT2D eigenvalue weighted by Gasteiger charge is 2.30. The number of aryl methyl sites for hydroxylation is 1. The lowest BCUT2D eigenvalue weighted by atomic mass is 10.0. The number of benzene rings is 1. The standard InChI is InChI=1S/C20H27N3O2/c1-3-4-7-16-9-10-17(14-19(16)25-2)20(24)23-13-5-8-18(23)15-22-12-6-11-21-22/h6,9-12,14,18H,3-5,7-8,13,15H2,1-2H3. The number of likely N-dealkylation sites (tertiary alicyclic amines) is 1. The third-order valence-corrected chi connectivity index (χ3v) is 4.93. The Morgan fingerprint density at radius 3 is 3.00 bits per heavy atom. The molecule has 1 aliphatic rings.